The van der Waals surface area contributed by atoms with Gasteiger partial charge in [-0.3, -0.25) is 0 Å². The Morgan fingerprint density at radius 2 is 2.16 bits per heavy atom. The van der Waals surface area contributed by atoms with Gasteiger partial charge in [0.15, 0.2) is 0 Å². The van der Waals surface area contributed by atoms with Crippen molar-refractivity contribution >= 4 is 0 Å². The Morgan fingerprint density at radius 3 is 2.58 bits per heavy atom. The summed E-state index contributed by atoms with van der Waals surface area (Å²) in [5, 5.41) is 0. The molecule has 0 saturated heterocycles. The maximum absolute atomic E-state index is 4.10. The lowest BCUT2D eigenvalue weighted by Crippen LogP contribution is -2.39. The maximum atomic E-state index is 4.10. The van der Waals surface area contributed by atoms with Gasteiger partial charge in [-0.1, -0.05) is 39.0 Å². The molecule has 2 unspecified atom stereocenters. The van der Waals surface area contributed by atoms with E-state index in [1.807, 2.05) is 0 Å². The van der Waals surface area contributed by atoms with Gasteiger partial charge in [0.05, 0.1) is 0 Å². The van der Waals surface area contributed by atoms with Gasteiger partial charge in [0.1, 0.15) is 0 Å². The van der Waals surface area contributed by atoms with Gasteiger partial charge < -0.3 is 4.90 Å². The Labute approximate surface area is 120 Å². The van der Waals surface area contributed by atoms with E-state index in [9.17, 15) is 0 Å². The SMILES string of the molecule is C=C(C)N(CC)CC(C)C(C)(C)C1CC=C(C)CC1. The first-order chi connectivity index (χ1) is 8.78. The normalized spacial score (nSPS) is 21.8. The Kier molecular flexibility index (Phi) is 5.70. The zero-order valence-electron chi connectivity index (χ0n) is 13.9. The third kappa shape index (κ3) is 4.12. The van der Waals surface area contributed by atoms with E-state index >= 15 is 0 Å². The van der Waals surface area contributed by atoms with Crippen LogP contribution >= 0.6 is 0 Å². The van der Waals surface area contributed by atoms with Crippen molar-refractivity contribution < 1.29 is 0 Å². The summed E-state index contributed by atoms with van der Waals surface area (Å²) in [6.45, 7) is 20.3. The Bertz CT molecular complexity index is 338. The van der Waals surface area contributed by atoms with Gasteiger partial charge in [-0.15, -0.1) is 0 Å². The number of hydrogen-bond acceptors (Lipinski definition) is 1. The molecule has 0 aromatic carbocycles. The van der Waals surface area contributed by atoms with Crippen LogP contribution in [0, 0.1) is 17.3 Å². The van der Waals surface area contributed by atoms with E-state index in [-0.39, 0.29) is 0 Å². The largest absolute Gasteiger partial charge is 0.376 e. The molecule has 0 aromatic rings. The lowest BCUT2D eigenvalue weighted by molar-refractivity contribution is 0.0913. The third-order valence-corrected chi connectivity index (χ3v) is 5.38. The van der Waals surface area contributed by atoms with Crippen LogP contribution in [-0.4, -0.2) is 18.0 Å². The zero-order chi connectivity index (χ0) is 14.6. The number of nitrogens with zero attached hydrogens (tertiary/aromatic N) is 1. The molecule has 19 heavy (non-hydrogen) atoms. The highest BCUT2D eigenvalue weighted by Crippen LogP contribution is 2.43. The molecular weight excluding hydrogens is 230 g/mol. The molecule has 0 amide bonds. The first-order valence-electron chi connectivity index (χ1n) is 7.85. The van der Waals surface area contributed by atoms with Gasteiger partial charge in [0.25, 0.3) is 0 Å². The molecule has 0 heterocycles. The summed E-state index contributed by atoms with van der Waals surface area (Å²) in [5.41, 5.74) is 3.18. The molecule has 1 nitrogen and oxygen atoms in total. The van der Waals surface area contributed by atoms with Gasteiger partial charge in [-0.25, -0.2) is 0 Å². The van der Waals surface area contributed by atoms with Gasteiger partial charge in [0, 0.05) is 18.8 Å². The van der Waals surface area contributed by atoms with E-state index in [1.54, 1.807) is 5.57 Å². The number of hydrogen-bond donors (Lipinski definition) is 0. The minimum Gasteiger partial charge on any atom is -0.376 e. The molecular formula is C18H33N. The van der Waals surface area contributed by atoms with E-state index in [0.29, 0.717) is 11.3 Å². The molecule has 1 aliphatic rings. The van der Waals surface area contributed by atoms with Crippen LogP contribution in [0.4, 0.5) is 0 Å². The van der Waals surface area contributed by atoms with Gasteiger partial charge in [0.2, 0.25) is 0 Å². The summed E-state index contributed by atoms with van der Waals surface area (Å²) in [4.78, 5) is 2.41. The summed E-state index contributed by atoms with van der Waals surface area (Å²) in [6.07, 6.45) is 6.37. The average molecular weight is 263 g/mol. The van der Waals surface area contributed by atoms with Crippen molar-refractivity contribution in [1.29, 1.82) is 0 Å². The molecule has 0 spiro atoms. The molecule has 1 aliphatic carbocycles. The van der Waals surface area contributed by atoms with Crippen molar-refractivity contribution in [2.45, 2.75) is 60.8 Å². The molecule has 0 aromatic heterocycles. The maximum Gasteiger partial charge on any atom is 0.0205 e. The number of allylic oxidation sites excluding steroid dienone is 3. The molecule has 1 heteroatoms. The Morgan fingerprint density at radius 1 is 1.53 bits per heavy atom. The molecule has 0 N–H and O–H groups in total. The molecule has 0 radical (unpaired) electrons. The lowest BCUT2D eigenvalue weighted by Gasteiger charge is -2.43. The second-order valence-electron chi connectivity index (χ2n) is 7.02. The first kappa shape index (κ1) is 16.3. The van der Waals surface area contributed by atoms with Crippen LogP contribution in [0.5, 0.6) is 0 Å². The number of rotatable bonds is 6. The Hall–Kier alpha value is -0.720. The summed E-state index contributed by atoms with van der Waals surface area (Å²) in [5.74, 6) is 1.52. The van der Waals surface area contributed by atoms with Crippen molar-refractivity contribution in [3.05, 3.63) is 23.9 Å². The lowest BCUT2D eigenvalue weighted by atomic mass is 9.65. The molecule has 1 rings (SSSR count). The fourth-order valence-electron chi connectivity index (χ4n) is 3.16. The van der Waals surface area contributed by atoms with Crippen molar-refractivity contribution in [1.82, 2.24) is 4.90 Å². The summed E-state index contributed by atoms with van der Waals surface area (Å²) >= 11 is 0. The van der Waals surface area contributed by atoms with Crippen LogP contribution in [-0.2, 0) is 0 Å². The Balaban J connectivity index is 2.68. The molecule has 0 fully saturated rings. The van der Waals surface area contributed by atoms with Gasteiger partial charge in [-0.05, 0) is 57.3 Å². The quantitative estimate of drug-likeness (QED) is 0.592. The fraction of sp³-hybridized carbons (Fsp3) is 0.778. The second kappa shape index (κ2) is 6.63. The minimum absolute atomic E-state index is 0.403. The molecule has 2 atom stereocenters. The highest BCUT2D eigenvalue weighted by Gasteiger charge is 2.35. The summed E-state index contributed by atoms with van der Waals surface area (Å²) in [7, 11) is 0. The highest BCUT2D eigenvalue weighted by atomic mass is 15.1. The van der Waals surface area contributed by atoms with E-state index in [2.05, 4.69) is 59.1 Å². The molecule has 0 saturated carbocycles. The first-order valence-corrected chi connectivity index (χ1v) is 7.85. The third-order valence-electron chi connectivity index (χ3n) is 5.38. The monoisotopic (exact) mass is 263 g/mol. The van der Waals surface area contributed by atoms with Crippen LogP contribution < -0.4 is 0 Å². The minimum atomic E-state index is 0.403. The van der Waals surface area contributed by atoms with Crippen molar-refractivity contribution in [3.63, 3.8) is 0 Å². The van der Waals surface area contributed by atoms with Crippen LogP contribution in [0.15, 0.2) is 23.9 Å². The van der Waals surface area contributed by atoms with Crippen molar-refractivity contribution in [2.75, 3.05) is 13.1 Å². The van der Waals surface area contributed by atoms with Crippen LogP contribution in [0.1, 0.15) is 60.8 Å². The van der Waals surface area contributed by atoms with Gasteiger partial charge in [-0.2, -0.15) is 0 Å². The van der Waals surface area contributed by atoms with Crippen LogP contribution in [0.2, 0.25) is 0 Å². The topological polar surface area (TPSA) is 3.24 Å². The second-order valence-corrected chi connectivity index (χ2v) is 7.02. The summed E-state index contributed by atoms with van der Waals surface area (Å²) in [6, 6.07) is 0. The van der Waals surface area contributed by atoms with E-state index < -0.39 is 0 Å². The smallest absolute Gasteiger partial charge is 0.0205 e. The average Bonchev–Trinajstić information content (AvgIpc) is 2.35. The molecule has 0 bridgehead atoms. The van der Waals surface area contributed by atoms with Crippen LogP contribution in [0.3, 0.4) is 0 Å². The zero-order valence-corrected chi connectivity index (χ0v) is 13.9. The highest BCUT2D eigenvalue weighted by molar-refractivity contribution is 5.05. The van der Waals surface area contributed by atoms with Crippen molar-refractivity contribution in [3.8, 4) is 0 Å². The van der Waals surface area contributed by atoms with E-state index in [1.165, 1.54) is 25.0 Å². The summed E-state index contributed by atoms with van der Waals surface area (Å²) < 4.78 is 0. The predicted molar refractivity (Wildman–Crippen MR) is 86.1 cm³/mol. The standard InChI is InChI=1S/C18H33N/c1-8-19(14(2)3)13-16(5)18(6,7)17-11-9-15(4)10-12-17/h9,16-17H,2,8,10-13H2,1,3-7H3. The van der Waals surface area contributed by atoms with E-state index in [4.69, 9.17) is 0 Å². The van der Waals surface area contributed by atoms with E-state index in [0.717, 1.165) is 19.0 Å². The molecule has 110 valence electrons. The predicted octanol–water partition coefficient (Wildman–Crippen LogP) is 5.25. The fourth-order valence-corrected chi connectivity index (χ4v) is 3.16. The molecule has 0 aliphatic heterocycles. The van der Waals surface area contributed by atoms with Crippen LogP contribution in [0.25, 0.3) is 0 Å². The van der Waals surface area contributed by atoms with Crippen molar-refractivity contribution in [2.24, 2.45) is 17.3 Å². The van der Waals surface area contributed by atoms with Gasteiger partial charge >= 0.3 is 0 Å².